The number of ether oxygens (including phenoxy) is 2. The van der Waals surface area contributed by atoms with Gasteiger partial charge in [0.15, 0.2) is 0 Å². The van der Waals surface area contributed by atoms with Gasteiger partial charge in [-0.2, -0.15) is 4.89 Å². The smallest absolute Gasteiger partial charge is 0.408 e. The second kappa shape index (κ2) is 25.4. The third-order valence-corrected chi connectivity index (χ3v) is 6.37. The average molecular weight is 551 g/mol. The van der Waals surface area contributed by atoms with Crippen LogP contribution in [0.15, 0.2) is 9.98 Å². The predicted octanol–water partition coefficient (Wildman–Crippen LogP) is 0.902. The molecule has 0 rings (SSSR count). The Morgan fingerprint density at radius 2 is 1.55 bits per heavy atom. The Hall–Kier alpha value is -1.24. The summed E-state index contributed by atoms with van der Waals surface area (Å²) in [7, 11) is -1.31. The number of alkyl carbamates (subject to hydrolysis) is 2. The van der Waals surface area contributed by atoms with Crippen molar-refractivity contribution in [2.45, 2.75) is 12.8 Å². The fraction of sp³-hybridized carbons (Fsp3) is 0.750. The van der Waals surface area contributed by atoms with Crippen LogP contribution >= 0.6 is 35.3 Å². The lowest BCUT2D eigenvalue weighted by molar-refractivity contribution is -0.217. The number of amides is 2. The van der Waals surface area contributed by atoms with Crippen LogP contribution < -0.4 is 10.6 Å². The molecule has 0 aliphatic rings. The molecule has 0 aliphatic heterocycles. The molecule has 13 nitrogen and oxygen atoms in total. The molecule has 0 radical (unpaired) electrons. The molecule has 0 aromatic heterocycles. The summed E-state index contributed by atoms with van der Waals surface area (Å²) in [4.78, 5) is 39.9. The third-order valence-electron chi connectivity index (χ3n) is 2.74. The average Bonchev–Trinajstić information content (AvgIpc) is 2.80. The summed E-state index contributed by atoms with van der Waals surface area (Å²) in [5, 5.41) is 22.4. The Morgan fingerprint density at radius 3 is 2.24 bits per heavy atom. The Balaban J connectivity index is 3.51. The summed E-state index contributed by atoms with van der Waals surface area (Å²) < 4.78 is 21.5. The van der Waals surface area contributed by atoms with Gasteiger partial charge in [-0.1, -0.05) is 0 Å². The molecule has 0 aromatic carbocycles. The Kier molecular flexibility index (Phi) is 24.4. The van der Waals surface area contributed by atoms with E-state index in [-0.39, 0.29) is 49.2 Å². The number of aliphatic hydroxyl groups excluding tert-OH is 2. The summed E-state index contributed by atoms with van der Waals surface area (Å²) in [6.07, 6.45) is 0.835. The third kappa shape index (κ3) is 25.2. The topological polar surface area (TPSA) is 177 Å². The monoisotopic (exact) mass is 550 g/mol. The SMILES string of the molecule is O=C(NCSCN=CS(=O)CSCOC(=O)NCSCN=COOCCCO)OCCCO. The van der Waals surface area contributed by atoms with E-state index in [1.165, 1.54) is 40.8 Å². The van der Waals surface area contributed by atoms with Gasteiger partial charge in [-0.3, -0.25) is 9.20 Å². The number of aliphatic hydroxyl groups is 2. The van der Waals surface area contributed by atoms with E-state index in [4.69, 9.17) is 19.7 Å². The molecule has 2 amide bonds. The highest BCUT2D eigenvalue weighted by atomic mass is 32.2. The van der Waals surface area contributed by atoms with Gasteiger partial charge in [0.2, 0.25) is 6.40 Å². The van der Waals surface area contributed by atoms with Crippen molar-refractivity contribution >= 4 is 70.2 Å². The number of hydrogen-bond acceptors (Lipinski definition) is 14. The first-order valence-electron chi connectivity index (χ1n) is 9.50. The first kappa shape index (κ1) is 31.8. The molecule has 0 heterocycles. The van der Waals surface area contributed by atoms with Gasteiger partial charge < -0.3 is 35.2 Å². The van der Waals surface area contributed by atoms with Gasteiger partial charge in [-0.25, -0.2) is 14.6 Å². The highest BCUT2D eigenvalue weighted by Gasteiger charge is 2.03. The van der Waals surface area contributed by atoms with Crippen molar-refractivity contribution in [3.63, 3.8) is 0 Å². The van der Waals surface area contributed by atoms with Crippen LogP contribution in [0, 0.1) is 0 Å². The molecular formula is C16H30N4O9S4. The van der Waals surface area contributed by atoms with Gasteiger partial charge in [0.1, 0.15) is 5.94 Å². The highest BCUT2D eigenvalue weighted by molar-refractivity contribution is 8.15. The maximum Gasteiger partial charge on any atom is 0.408 e. The summed E-state index contributed by atoms with van der Waals surface area (Å²) in [6.45, 7) is 0.408. The summed E-state index contributed by atoms with van der Waals surface area (Å²) in [6, 6.07) is 0. The fourth-order valence-electron chi connectivity index (χ4n) is 1.37. The molecule has 1 unspecified atom stereocenters. The Bertz CT molecular complexity index is 588. The van der Waals surface area contributed by atoms with Crippen molar-refractivity contribution in [3.8, 4) is 0 Å². The lowest BCUT2D eigenvalue weighted by Crippen LogP contribution is -2.24. The molecular weight excluding hydrogens is 520 g/mol. The van der Waals surface area contributed by atoms with E-state index in [1.807, 2.05) is 0 Å². The van der Waals surface area contributed by atoms with Crippen molar-refractivity contribution in [2.75, 3.05) is 61.0 Å². The zero-order valence-corrected chi connectivity index (χ0v) is 21.2. The van der Waals surface area contributed by atoms with Gasteiger partial charge in [0, 0.05) is 19.6 Å². The number of carbonyl (C=O) groups excluding carboxylic acids is 2. The Morgan fingerprint density at radius 1 is 0.909 bits per heavy atom. The van der Waals surface area contributed by atoms with Crippen LogP contribution in [0.3, 0.4) is 0 Å². The van der Waals surface area contributed by atoms with Crippen LogP contribution in [-0.4, -0.2) is 99.5 Å². The van der Waals surface area contributed by atoms with Gasteiger partial charge in [-0.15, -0.1) is 35.3 Å². The number of hydrogen-bond donors (Lipinski definition) is 4. The second-order valence-electron chi connectivity index (χ2n) is 5.35. The van der Waals surface area contributed by atoms with Crippen molar-refractivity contribution in [1.82, 2.24) is 10.6 Å². The number of aliphatic imine (C=N–C) groups is 2. The van der Waals surface area contributed by atoms with Crippen LogP contribution in [0.25, 0.3) is 0 Å². The molecule has 0 fully saturated rings. The van der Waals surface area contributed by atoms with E-state index in [2.05, 4.69) is 30.4 Å². The van der Waals surface area contributed by atoms with E-state index in [0.717, 1.165) is 6.40 Å². The molecule has 0 aromatic rings. The maximum atomic E-state index is 11.8. The molecule has 0 aliphatic carbocycles. The lowest BCUT2D eigenvalue weighted by atomic mass is 10.5. The van der Waals surface area contributed by atoms with Crippen molar-refractivity contribution in [3.05, 3.63) is 0 Å². The zero-order valence-electron chi connectivity index (χ0n) is 17.9. The molecule has 17 heteroatoms. The van der Waals surface area contributed by atoms with Crippen LogP contribution in [0.2, 0.25) is 0 Å². The van der Waals surface area contributed by atoms with E-state index in [1.54, 1.807) is 0 Å². The molecule has 4 N–H and O–H groups in total. The molecule has 0 saturated heterocycles. The Labute approximate surface area is 207 Å². The largest absolute Gasteiger partial charge is 0.449 e. The van der Waals surface area contributed by atoms with Gasteiger partial charge >= 0.3 is 12.2 Å². The first-order valence-corrected chi connectivity index (χ1v) is 14.3. The minimum absolute atomic E-state index is 0.0241. The number of rotatable bonds is 21. The van der Waals surface area contributed by atoms with Gasteiger partial charge in [0.05, 0.1) is 58.2 Å². The standard InChI is InChI=1S/C16H30N4O9S4/c21-3-1-5-26-15(23)19-10-31-9-18-12-33(25)14-32-13-27-16(24)20-11-30-8-17-7-29-28-6-2-4-22/h7,12,21-22H,1-6,8-11,13-14H2,(H,19,23)(H,20,24). The summed E-state index contributed by atoms with van der Waals surface area (Å²) in [5.74, 6) is 1.29. The first-order chi connectivity index (χ1) is 16.1. The zero-order chi connectivity index (χ0) is 24.4. The van der Waals surface area contributed by atoms with Crippen LogP contribution in [-0.2, 0) is 30.0 Å². The highest BCUT2D eigenvalue weighted by Crippen LogP contribution is 2.04. The minimum Gasteiger partial charge on any atom is -0.449 e. The molecule has 1 atom stereocenters. The van der Waals surface area contributed by atoms with Crippen LogP contribution in [0.5, 0.6) is 0 Å². The predicted molar refractivity (Wildman–Crippen MR) is 132 cm³/mol. The lowest BCUT2D eigenvalue weighted by Gasteiger charge is -2.05. The number of nitrogens with one attached hydrogen (secondary N) is 2. The van der Waals surface area contributed by atoms with E-state index in [0.29, 0.717) is 24.6 Å². The minimum atomic E-state index is -1.31. The quantitative estimate of drug-likeness (QED) is 0.0397. The van der Waals surface area contributed by atoms with E-state index in [9.17, 15) is 13.8 Å². The van der Waals surface area contributed by atoms with Crippen molar-refractivity contribution in [1.29, 1.82) is 0 Å². The number of nitrogens with zero attached hydrogens (tertiary/aromatic N) is 2. The van der Waals surface area contributed by atoms with Crippen molar-refractivity contribution < 1.29 is 43.3 Å². The fourth-order valence-corrected chi connectivity index (χ4v) is 4.03. The van der Waals surface area contributed by atoms with E-state index < -0.39 is 23.0 Å². The van der Waals surface area contributed by atoms with Crippen molar-refractivity contribution in [2.24, 2.45) is 9.98 Å². The molecule has 192 valence electrons. The molecule has 0 spiro atoms. The van der Waals surface area contributed by atoms with Gasteiger partial charge in [-0.05, 0) is 6.42 Å². The summed E-state index contributed by atoms with van der Waals surface area (Å²) in [5.41, 5.74) is 1.30. The number of thioether (sulfide) groups is 3. The maximum absolute atomic E-state index is 11.8. The van der Waals surface area contributed by atoms with Gasteiger partial charge in [0.25, 0.3) is 0 Å². The normalized spacial score (nSPS) is 12.1. The second-order valence-corrected chi connectivity index (χ2v) is 9.81. The molecule has 0 bridgehead atoms. The van der Waals surface area contributed by atoms with Crippen LogP contribution in [0.1, 0.15) is 12.8 Å². The van der Waals surface area contributed by atoms with Crippen LogP contribution in [0.4, 0.5) is 9.59 Å². The molecule has 0 saturated carbocycles. The van der Waals surface area contributed by atoms with E-state index >= 15 is 0 Å². The number of carbonyl (C=O) groups is 2. The molecule has 33 heavy (non-hydrogen) atoms. The summed E-state index contributed by atoms with van der Waals surface area (Å²) >= 11 is 3.80.